The SMILES string of the molecule is CC.CC.CC.Cc1cc2ccc3c(-c4ccc(-c5cccc6c5oc5ccccc56)cc4)cc(-c4ccc5ccccc5c4)c4ccc(c1)c2c34. The van der Waals surface area contributed by atoms with Crippen molar-refractivity contribution in [2.45, 2.75) is 48.5 Å². The third-order valence-corrected chi connectivity index (χ3v) is 9.83. The number of aryl methyl sites for hydroxylation is 1. The smallest absolute Gasteiger partial charge is 0.143 e. The maximum atomic E-state index is 6.38. The van der Waals surface area contributed by atoms with Gasteiger partial charge in [-0.05, 0) is 102 Å². The van der Waals surface area contributed by atoms with Crippen molar-refractivity contribution < 1.29 is 4.42 Å². The number of benzene rings is 9. The van der Waals surface area contributed by atoms with E-state index in [0.29, 0.717) is 0 Å². The zero-order valence-electron chi connectivity index (χ0n) is 31.3. The van der Waals surface area contributed by atoms with Crippen LogP contribution in [-0.4, -0.2) is 0 Å². The van der Waals surface area contributed by atoms with Crippen LogP contribution in [0, 0.1) is 6.92 Å². The summed E-state index contributed by atoms with van der Waals surface area (Å²) in [6.07, 6.45) is 0. The molecule has 256 valence electrons. The molecule has 0 bridgehead atoms. The number of hydrogen-bond acceptors (Lipinski definition) is 1. The Labute approximate surface area is 307 Å². The van der Waals surface area contributed by atoms with Crippen LogP contribution in [0.2, 0.25) is 0 Å². The standard InChI is InChI=1S/C45H28O.3C2H6/c1-27-23-33-19-21-37-40(30-16-14-29(15-17-30)35-10-6-11-39-36-9-4-5-12-42(36)46-45(35)39)26-41(38-22-20-34(24-27)43(33)44(37)38)32-18-13-28-7-2-3-8-31(28)25-32;3*1-2/h2-26H,1H3;3*1-2H3. The van der Waals surface area contributed by atoms with Crippen molar-refractivity contribution in [3.05, 3.63) is 157 Å². The summed E-state index contributed by atoms with van der Waals surface area (Å²) in [6.45, 7) is 14.2. The minimum atomic E-state index is 0.923. The molecule has 0 aliphatic rings. The molecule has 0 aliphatic carbocycles. The lowest BCUT2D eigenvalue weighted by atomic mass is 9.84. The molecular weight excluding hydrogens is 629 g/mol. The van der Waals surface area contributed by atoms with Crippen molar-refractivity contribution in [3.63, 3.8) is 0 Å². The Kier molecular flexibility index (Phi) is 9.79. The molecule has 9 aromatic carbocycles. The van der Waals surface area contributed by atoms with E-state index in [1.54, 1.807) is 0 Å². The van der Waals surface area contributed by atoms with Gasteiger partial charge in [0.2, 0.25) is 0 Å². The fourth-order valence-corrected chi connectivity index (χ4v) is 7.71. The highest BCUT2D eigenvalue weighted by Crippen LogP contribution is 2.45. The fourth-order valence-electron chi connectivity index (χ4n) is 7.71. The van der Waals surface area contributed by atoms with E-state index in [2.05, 4.69) is 146 Å². The van der Waals surface area contributed by atoms with Crippen LogP contribution in [-0.2, 0) is 0 Å². The van der Waals surface area contributed by atoms with Crippen LogP contribution < -0.4 is 0 Å². The molecule has 0 radical (unpaired) electrons. The van der Waals surface area contributed by atoms with Gasteiger partial charge in [0.25, 0.3) is 0 Å². The largest absolute Gasteiger partial charge is 0.455 e. The predicted molar refractivity (Wildman–Crippen MR) is 230 cm³/mol. The number of furan rings is 1. The molecule has 0 aliphatic heterocycles. The first-order chi connectivity index (χ1) is 25.7. The molecule has 0 saturated heterocycles. The number of fused-ring (bicyclic) bond motifs is 4. The van der Waals surface area contributed by atoms with E-state index in [1.165, 1.54) is 70.9 Å². The van der Waals surface area contributed by atoms with Crippen molar-refractivity contribution in [3.8, 4) is 33.4 Å². The van der Waals surface area contributed by atoms with Crippen LogP contribution in [0.3, 0.4) is 0 Å². The Morgan fingerprint density at radius 2 is 0.885 bits per heavy atom. The van der Waals surface area contributed by atoms with E-state index in [0.717, 1.165) is 33.1 Å². The topological polar surface area (TPSA) is 13.1 Å². The van der Waals surface area contributed by atoms with Gasteiger partial charge in [-0.1, -0.05) is 175 Å². The van der Waals surface area contributed by atoms with Crippen LogP contribution in [0.25, 0.3) is 98.4 Å². The van der Waals surface area contributed by atoms with E-state index >= 15 is 0 Å². The zero-order valence-corrected chi connectivity index (χ0v) is 31.3. The highest BCUT2D eigenvalue weighted by atomic mass is 16.3. The van der Waals surface area contributed by atoms with Crippen LogP contribution >= 0.6 is 0 Å². The Morgan fingerprint density at radius 1 is 0.346 bits per heavy atom. The lowest BCUT2D eigenvalue weighted by Gasteiger charge is -2.19. The van der Waals surface area contributed by atoms with Gasteiger partial charge in [-0.25, -0.2) is 0 Å². The van der Waals surface area contributed by atoms with Gasteiger partial charge in [0, 0.05) is 16.3 Å². The molecule has 0 saturated carbocycles. The maximum absolute atomic E-state index is 6.38. The predicted octanol–water partition coefficient (Wildman–Crippen LogP) is 16.0. The second kappa shape index (κ2) is 14.7. The first kappa shape index (κ1) is 34.5. The highest BCUT2D eigenvalue weighted by molar-refractivity contribution is 6.28. The van der Waals surface area contributed by atoms with E-state index in [1.807, 2.05) is 53.7 Å². The Bertz CT molecular complexity index is 2780. The lowest BCUT2D eigenvalue weighted by molar-refractivity contribution is 0.670. The summed E-state index contributed by atoms with van der Waals surface area (Å²) in [4.78, 5) is 0. The Balaban J connectivity index is 0.000000669. The van der Waals surface area contributed by atoms with Gasteiger partial charge in [-0.3, -0.25) is 0 Å². The maximum Gasteiger partial charge on any atom is 0.143 e. The van der Waals surface area contributed by atoms with Crippen molar-refractivity contribution in [1.82, 2.24) is 0 Å². The number of hydrogen-bond donors (Lipinski definition) is 0. The fraction of sp³-hybridized carbons (Fsp3) is 0.137. The molecule has 1 heteroatoms. The summed E-state index contributed by atoms with van der Waals surface area (Å²) < 4.78 is 6.38. The molecule has 0 atom stereocenters. The van der Waals surface area contributed by atoms with Crippen LogP contribution in [0.15, 0.2) is 156 Å². The molecule has 1 heterocycles. The zero-order chi connectivity index (χ0) is 36.4. The second-order valence-corrected chi connectivity index (χ2v) is 12.6. The lowest BCUT2D eigenvalue weighted by Crippen LogP contribution is -1.92. The average molecular weight is 675 g/mol. The van der Waals surface area contributed by atoms with Crippen molar-refractivity contribution >= 4 is 65.0 Å². The third kappa shape index (κ3) is 5.77. The first-order valence-electron chi connectivity index (χ1n) is 18.9. The molecule has 10 rings (SSSR count). The molecule has 1 nitrogen and oxygen atoms in total. The molecule has 0 fully saturated rings. The first-order valence-corrected chi connectivity index (χ1v) is 18.9. The summed E-state index contributed by atoms with van der Waals surface area (Å²) in [5.41, 5.74) is 10.4. The number of para-hydroxylation sites is 2. The minimum Gasteiger partial charge on any atom is -0.455 e. The summed E-state index contributed by atoms with van der Waals surface area (Å²) in [5.74, 6) is 0. The molecule has 52 heavy (non-hydrogen) atoms. The van der Waals surface area contributed by atoms with Gasteiger partial charge in [0.05, 0.1) is 0 Å². The average Bonchev–Trinajstić information content (AvgIpc) is 3.61. The highest BCUT2D eigenvalue weighted by Gasteiger charge is 2.18. The molecule has 0 N–H and O–H groups in total. The Hall–Kier alpha value is -5.92. The van der Waals surface area contributed by atoms with Gasteiger partial charge in [-0.2, -0.15) is 0 Å². The van der Waals surface area contributed by atoms with Gasteiger partial charge in [0.1, 0.15) is 11.2 Å². The van der Waals surface area contributed by atoms with E-state index in [4.69, 9.17) is 4.42 Å². The van der Waals surface area contributed by atoms with Crippen molar-refractivity contribution in [1.29, 1.82) is 0 Å². The van der Waals surface area contributed by atoms with E-state index < -0.39 is 0 Å². The summed E-state index contributed by atoms with van der Waals surface area (Å²) in [5, 5.41) is 12.7. The van der Waals surface area contributed by atoms with Gasteiger partial charge in [-0.15, -0.1) is 0 Å². The van der Waals surface area contributed by atoms with Crippen molar-refractivity contribution in [2.24, 2.45) is 0 Å². The van der Waals surface area contributed by atoms with E-state index in [9.17, 15) is 0 Å². The van der Waals surface area contributed by atoms with Crippen LogP contribution in [0.1, 0.15) is 47.1 Å². The molecule has 0 unspecified atom stereocenters. The van der Waals surface area contributed by atoms with Crippen LogP contribution in [0.4, 0.5) is 0 Å². The monoisotopic (exact) mass is 674 g/mol. The molecule has 0 amide bonds. The second-order valence-electron chi connectivity index (χ2n) is 12.6. The molecular formula is C51H46O. The molecule has 0 spiro atoms. The minimum absolute atomic E-state index is 0.923. The third-order valence-electron chi connectivity index (χ3n) is 9.83. The quantitative estimate of drug-likeness (QED) is 0.170. The normalized spacial score (nSPS) is 11.0. The van der Waals surface area contributed by atoms with Crippen molar-refractivity contribution in [2.75, 3.05) is 0 Å². The van der Waals surface area contributed by atoms with Gasteiger partial charge >= 0.3 is 0 Å². The molecule has 10 aromatic rings. The number of rotatable bonds is 3. The Morgan fingerprint density at radius 3 is 1.58 bits per heavy atom. The van der Waals surface area contributed by atoms with Crippen LogP contribution in [0.5, 0.6) is 0 Å². The molecule has 1 aromatic heterocycles. The van der Waals surface area contributed by atoms with Gasteiger partial charge in [0.15, 0.2) is 0 Å². The summed E-state index contributed by atoms with van der Waals surface area (Å²) >= 11 is 0. The summed E-state index contributed by atoms with van der Waals surface area (Å²) in [7, 11) is 0. The van der Waals surface area contributed by atoms with Gasteiger partial charge < -0.3 is 4.42 Å². The summed E-state index contributed by atoms with van der Waals surface area (Å²) in [6, 6.07) is 55.6. The van der Waals surface area contributed by atoms with E-state index in [-0.39, 0.29) is 0 Å².